The number of nitrogens with zero attached hydrogens (tertiary/aromatic N) is 3. The van der Waals surface area contributed by atoms with E-state index in [2.05, 4.69) is 36.1 Å². The highest BCUT2D eigenvalue weighted by atomic mass is 16.4. The maximum absolute atomic E-state index is 12.8. The minimum atomic E-state index is -0.101. The number of hydrogen-bond acceptors (Lipinski definition) is 4. The van der Waals surface area contributed by atoms with Gasteiger partial charge in [0, 0.05) is 44.1 Å². The van der Waals surface area contributed by atoms with Crippen molar-refractivity contribution in [3.63, 3.8) is 0 Å². The summed E-state index contributed by atoms with van der Waals surface area (Å²) in [5.41, 5.74) is 2.33. The lowest BCUT2D eigenvalue weighted by Crippen LogP contribution is -2.48. The summed E-state index contributed by atoms with van der Waals surface area (Å²) in [5, 5.41) is 0. The number of carbonyl (C=O) groups is 1. The molecule has 4 rings (SSSR count). The van der Waals surface area contributed by atoms with E-state index in [-0.39, 0.29) is 11.5 Å². The number of furan rings is 1. The van der Waals surface area contributed by atoms with Crippen molar-refractivity contribution in [3.8, 4) is 0 Å². The first-order valence-corrected chi connectivity index (χ1v) is 9.45. The lowest BCUT2D eigenvalue weighted by atomic mass is 10.2. The second kappa shape index (κ2) is 7.76. The number of rotatable bonds is 4. The monoisotopic (exact) mass is 377 g/mol. The summed E-state index contributed by atoms with van der Waals surface area (Å²) in [7, 11) is 0. The molecule has 2 aromatic heterocycles. The van der Waals surface area contributed by atoms with Crippen LogP contribution in [0.1, 0.15) is 21.9 Å². The molecule has 6 heteroatoms. The number of aromatic nitrogens is 1. The Bertz CT molecular complexity index is 1030. The van der Waals surface area contributed by atoms with Gasteiger partial charge in [-0.3, -0.25) is 9.59 Å². The number of benzene rings is 1. The second-order valence-electron chi connectivity index (χ2n) is 7.05. The van der Waals surface area contributed by atoms with E-state index in [4.69, 9.17) is 4.42 Å². The first kappa shape index (κ1) is 18.1. The average Bonchev–Trinajstić information content (AvgIpc) is 3.18. The Labute approximate surface area is 163 Å². The normalized spacial score (nSPS) is 14.3. The summed E-state index contributed by atoms with van der Waals surface area (Å²) in [5.74, 6) is 0.814. The van der Waals surface area contributed by atoms with Gasteiger partial charge in [-0.1, -0.05) is 18.2 Å². The molecule has 3 heterocycles. The largest absolute Gasteiger partial charge is 0.454 e. The van der Waals surface area contributed by atoms with Gasteiger partial charge in [-0.05, 0) is 42.8 Å². The van der Waals surface area contributed by atoms with E-state index in [1.165, 1.54) is 17.3 Å². The van der Waals surface area contributed by atoms with Gasteiger partial charge < -0.3 is 18.8 Å². The topological polar surface area (TPSA) is 58.7 Å². The molecule has 0 N–H and O–H groups in total. The van der Waals surface area contributed by atoms with Crippen LogP contribution < -0.4 is 10.5 Å². The number of amides is 1. The predicted octanol–water partition coefficient (Wildman–Crippen LogP) is 2.76. The number of pyridine rings is 1. The van der Waals surface area contributed by atoms with Gasteiger partial charge in [0.2, 0.25) is 0 Å². The van der Waals surface area contributed by atoms with Crippen molar-refractivity contribution in [1.82, 2.24) is 9.47 Å². The van der Waals surface area contributed by atoms with Crippen molar-refractivity contribution >= 4 is 11.6 Å². The Kier molecular flexibility index (Phi) is 5.02. The minimum absolute atomic E-state index is 0.0981. The molecule has 0 radical (unpaired) electrons. The maximum atomic E-state index is 12.8. The molecular formula is C22H23N3O3. The number of carbonyl (C=O) groups excluding carboxylic acids is 1. The van der Waals surface area contributed by atoms with Crippen molar-refractivity contribution in [3.05, 3.63) is 88.2 Å². The van der Waals surface area contributed by atoms with E-state index in [0.717, 1.165) is 13.1 Å². The van der Waals surface area contributed by atoms with Crippen LogP contribution in [0.2, 0.25) is 0 Å². The smallest absolute Gasteiger partial charge is 0.289 e. The molecule has 1 fully saturated rings. The van der Waals surface area contributed by atoms with Crippen molar-refractivity contribution < 1.29 is 9.21 Å². The number of piperazine rings is 1. The lowest BCUT2D eigenvalue weighted by Gasteiger charge is -2.35. The third-order valence-corrected chi connectivity index (χ3v) is 5.03. The van der Waals surface area contributed by atoms with E-state index in [1.807, 2.05) is 4.90 Å². The summed E-state index contributed by atoms with van der Waals surface area (Å²) >= 11 is 0. The third-order valence-electron chi connectivity index (χ3n) is 5.03. The Morgan fingerprint density at radius 3 is 2.57 bits per heavy atom. The van der Waals surface area contributed by atoms with E-state index >= 15 is 0 Å². The molecule has 6 nitrogen and oxygen atoms in total. The Hall–Kier alpha value is -3.28. The fraction of sp³-hybridized carbons (Fsp3) is 0.273. The molecule has 1 saturated heterocycles. The lowest BCUT2D eigenvalue weighted by molar-refractivity contribution is 0.0712. The Morgan fingerprint density at radius 1 is 1.00 bits per heavy atom. The van der Waals surface area contributed by atoms with Crippen LogP contribution in [0.3, 0.4) is 0 Å². The molecule has 1 aliphatic heterocycles. The highest BCUT2D eigenvalue weighted by molar-refractivity contribution is 5.91. The molecule has 1 aromatic carbocycles. The van der Waals surface area contributed by atoms with Gasteiger partial charge in [0.25, 0.3) is 11.5 Å². The summed E-state index contributed by atoms with van der Waals surface area (Å²) in [6, 6.07) is 16.9. The quantitative estimate of drug-likeness (QED) is 0.702. The van der Waals surface area contributed by atoms with Gasteiger partial charge in [-0.25, -0.2) is 0 Å². The minimum Gasteiger partial charge on any atom is -0.454 e. The zero-order valence-corrected chi connectivity index (χ0v) is 15.9. The second-order valence-corrected chi connectivity index (χ2v) is 7.05. The van der Waals surface area contributed by atoms with E-state index in [0.29, 0.717) is 31.2 Å². The molecule has 0 unspecified atom stereocenters. The van der Waals surface area contributed by atoms with Crippen molar-refractivity contribution in [2.24, 2.45) is 0 Å². The van der Waals surface area contributed by atoms with Crippen LogP contribution in [-0.2, 0) is 6.54 Å². The van der Waals surface area contributed by atoms with Crippen molar-refractivity contribution in [1.29, 1.82) is 0 Å². The van der Waals surface area contributed by atoms with Gasteiger partial charge in [-0.2, -0.15) is 0 Å². The fourth-order valence-electron chi connectivity index (χ4n) is 3.49. The molecule has 3 aromatic rings. The number of aryl methyl sites for hydroxylation is 1. The Balaban J connectivity index is 1.39. The van der Waals surface area contributed by atoms with Gasteiger partial charge in [0.1, 0.15) is 5.76 Å². The van der Waals surface area contributed by atoms with Gasteiger partial charge in [0.05, 0.1) is 6.54 Å². The molecule has 144 valence electrons. The summed E-state index contributed by atoms with van der Waals surface area (Å²) in [4.78, 5) is 28.7. The summed E-state index contributed by atoms with van der Waals surface area (Å²) in [6.07, 6.45) is 1.71. The van der Waals surface area contributed by atoms with Crippen LogP contribution in [0.5, 0.6) is 0 Å². The average molecular weight is 377 g/mol. The predicted molar refractivity (Wildman–Crippen MR) is 108 cm³/mol. The summed E-state index contributed by atoms with van der Waals surface area (Å²) in [6.45, 7) is 5.29. The Morgan fingerprint density at radius 2 is 1.82 bits per heavy atom. The van der Waals surface area contributed by atoms with Crippen LogP contribution in [0.15, 0.2) is 70.0 Å². The molecule has 1 aliphatic rings. The first-order valence-electron chi connectivity index (χ1n) is 9.45. The van der Waals surface area contributed by atoms with Gasteiger partial charge >= 0.3 is 0 Å². The maximum Gasteiger partial charge on any atom is 0.289 e. The molecule has 0 atom stereocenters. The molecule has 1 amide bonds. The zero-order valence-electron chi connectivity index (χ0n) is 15.9. The van der Waals surface area contributed by atoms with Crippen LogP contribution in [0.4, 0.5) is 5.69 Å². The van der Waals surface area contributed by atoms with Crippen molar-refractivity contribution in [2.45, 2.75) is 13.5 Å². The van der Waals surface area contributed by atoms with Crippen LogP contribution in [0.25, 0.3) is 0 Å². The number of hydrogen-bond donors (Lipinski definition) is 0. The SMILES string of the molecule is Cc1cccc(N2CCN(C(=O)c3ccc(Cn4ccccc4=O)o3)CC2)c1. The standard InChI is InChI=1S/C22H23N3O3/c1-17-5-4-6-18(15-17)23-11-13-24(14-12-23)22(27)20-9-8-19(28-20)16-25-10-3-2-7-21(25)26/h2-10,15H,11-14,16H2,1H3. The van der Waals surface area contributed by atoms with Gasteiger partial charge in [-0.15, -0.1) is 0 Å². The van der Waals surface area contributed by atoms with Crippen LogP contribution >= 0.6 is 0 Å². The number of anilines is 1. The molecule has 0 spiro atoms. The van der Waals surface area contributed by atoms with E-state index in [1.54, 1.807) is 35.0 Å². The fourth-order valence-corrected chi connectivity index (χ4v) is 3.49. The van der Waals surface area contributed by atoms with Crippen LogP contribution in [-0.4, -0.2) is 41.6 Å². The molecule has 28 heavy (non-hydrogen) atoms. The van der Waals surface area contributed by atoms with E-state index in [9.17, 15) is 9.59 Å². The first-order chi connectivity index (χ1) is 13.6. The summed E-state index contributed by atoms with van der Waals surface area (Å²) < 4.78 is 7.27. The molecular weight excluding hydrogens is 354 g/mol. The molecule has 0 aliphatic carbocycles. The van der Waals surface area contributed by atoms with Crippen LogP contribution in [0, 0.1) is 6.92 Å². The zero-order chi connectivity index (χ0) is 19.5. The molecule has 0 bridgehead atoms. The highest BCUT2D eigenvalue weighted by Crippen LogP contribution is 2.19. The van der Waals surface area contributed by atoms with Crippen molar-refractivity contribution in [2.75, 3.05) is 31.1 Å². The third kappa shape index (κ3) is 3.86. The highest BCUT2D eigenvalue weighted by Gasteiger charge is 2.24. The van der Waals surface area contributed by atoms with E-state index < -0.39 is 0 Å². The van der Waals surface area contributed by atoms with Gasteiger partial charge in [0.15, 0.2) is 5.76 Å². The molecule has 0 saturated carbocycles.